The number of hydrogen-bond donors (Lipinski definition) is 1. The van der Waals surface area contributed by atoms with Gasteiger partial charge in [-0.2, -0.15) is 0 Å². The molecule has 184 valence electrons. The summed E-state index contributed by atoms with van der Waals surface area (Å²) in [7, 11) is 0. The molecule has 1 aliphatic rings. The third-order valence-electron chi connectivity index (χ3n) is 5.65. The molecule has 2 aromatic carbocycles. The molecule has 1 atom stereocenters. The number of benzene rings is 2. The highest BCUT2D eigenvalue weighted by Crippen LogP contribution is 2.42. The average Bonchev–Trinajstić information content (AvgIpc) is 3.40. The van der Waals surface area contributed by atoms with Gasteiger partial charge >= 0.3 is 0 Å². The van der Waals surface area contributed by atoms with Gasteiger partial charge in [-0.3, -0.25) is 19.3 Å². The van der Waals surface area contributed by atoms with Crippen LogP contribution in [0.4, 0.5) is 5.13 Å². The highest BCUT2D eigenvalue weighted by Gasteiger charge is 2.45. The van der Waals surface area contributed by atoms with Crippen LogP contribution < -0.4 is 20.8 Å². The summed E-state index contributed by atoms with van der Waals surface area (Å²) >= 11 is 7.44. The van der Waals surface area contributed by atoms with Crippen LogP contribution in [-0.2, 0) is 11.2 Å². The van der Waals surface area contributed by atoms with Crippen LogP contribution in [0.1, 0.15) is 46.6 Å². The molecule has 5 rings (SSSR count). The Kier molecular flexibility index (Phi) is 6.23. The molecule has 2 N–H and O–H groups in total. The lowest BCUT2D eigenvalue weighted by atomic mass is 9.98. The Bertz CT molecular complexity index is 1550. The number of halogens is 1. The fourth-order valence-corrected chi connectivity index (χ4v) is 5.38. The molecule has 0 aliphatic carbocycles. The Morgan fingerprint density at radius 2 is 1.94 bits per heavy atom. The first-order valence-electron chi connectivity index (χ1n) is 11.2. The van der Waals surface area contributed by atoms with Gasteiger partial charge in [-0.25, -0.2) is 0 Å². The number of nitrogens with two attached hydrogens (primary N) is 1. The Morgan fingerprint density at radius 3 is 2.64 bits per heavy atom. The summed E-state index contributed by atoms with van der Waals surface area (Å²) in [4.78, 5) is 39.8. The van der Waals surface area contributed by atoms with Crippen LogP contribution in [-0.4, -0.2) is 28.6 Å². The number of aromatic nitrogens is 2. The van der Waals surface area contributed by atoms with E-state index in [-0.39, 0.29) is 34.3 Å². The quantitative estimate of drug-likeness (QED) is 0.385. The van der Waals surface area contributed by atoms with E-state index >= 15 is 0 Å². The third kappa shape index (κ3) is 4.33. The molecule has 0 saturated heterocycles. The predicted molar refractivity (Wildman–Crippen MR) is 136 cm³/mol. The van der Waals surface area contributed by atoms with E-state index in [9.17, 15) is 14.4 Å². The van der Waals surface area contributed by atoms with E-state index in [1.165, 1.54) is 22.3 Å². The van der Waals surface area contributed by atoms with Crippen LogP contribution in [0, 0.1) is 5.92 Å². The van der Waals surface area contributed by atoms with Crippen molar-refractivity contribution in [3.8, 4) is 5.75 Å². The molecule has 11 heteroatoms. The summed E-state index contributed by atoms with van der Waals surface area (Å²) in [5.74, 6) is -0.350. The van der Waals surface area contributed by atoms with Gasteiger partial charge in [0.15, 0.2) is 12.0 Å². The van der Waals surface area contributed by atoms with Gasteiger partial charge in [0.1, 0.15) is 16.3 Å². The van der Waals surface area contributed by atoms with Crippen LogP contribution >= 0.6 is 22.9 Å². The summed E-state index contributed by atoms with van der Waals surface area (Å²) in [5.41, 5.74) is 5.89. The molecular formula is C25H21ClN4O5S. The third-order valence-corrected chi connectivity index (χ3v) is 6.83. The molecule has 2 aromatic heterocycles. The summed E-state index contributed by atoms with van der Waals surface area (Å²) in [6, 6.07) is 10.6. The number of primary amides is 1. The molecule has 0 fully saturated rings. The van der Waals surface area contributed by atoms with Crippen molar-refractivity contribution in [2.24, 2.45) is 11.7 Å². The zero-order valence-electron chi connectivity index (χ0n) is 19.4. The van der Waals surface area contributed by atoms with Crippen LogP contribution in [0.25, 0.3) is 11.0 Å². The second-order valence-corrected chi connectivity index (χ2v) is 10.3. The molecular weight excluding hydrogens is 504 g/mol. The van der Waals surface area contributed by atoms with E-state index in [1.54, 1.807) is 36.4 Å². The van der Waals surface area contributed by atoms with Crippen LogP contribution in [0.3, 0.4) is 0 Å². The molecule has 0 spiro atoms. The number of ether oxygens (including phenoxy) is 1. The van der Waals surface area contributed by atoms with Crippen molar-refractivity contribution in [2.45, 2.75) is 26.3 Å². The monoisotopic (exact) mass is 524 g/mol. The van der Waals surface area contributed by atoms with Crippen LogP contribution in [0.5, 0.6) is 5.75 Å². The van der Waals surface area contributed by atoms with Gasteiger partial charge in [-0.15, -0.1) is 10.2 Å². The summed E-state index contributed by atoms with van der Waals surface area (Å²) in [5, 5.41) is 10.3. The van der Waals surface area contributed by atoms with Gasteiger partial charge in [0.2, 0.25) is 10.9 Å². The zero-order valence-corrected chi connectivity index (χ0v) is 20.9. The Balaban J connectivity index is 1.66. The predicted octanol–water partition coefficient (Wildman–Crippen LogP) is 4.11. The summed E-state index contributed by atoms with van der Waals surface area (Å²) in [6.07, 6.45) is 0.711. The lowest BCUT2D eigenvalue weighted by molar-refractivity contribution is -0.119. The molecule has 36 heavy (non-hydrogen) atoms. The van der Waals surface area contributed by atoms with Crippen molar-refractivity contribution in [1.82, 2.24) is 10.2 Å². The van der Waals surface area contributed by atoms with Crippen LogP contribution in [0.2, 0.25) is 5.02 Å². The second kappa shape index (κ2) is 9.36. The van der Waals surface area contributed by atoms with Crippen LogP contribution in [0.15, 0.2) is 51.7 Å². The van der Waals surface area contributed by atoms with E-state index in [2.05, 4.69) is 24.0 Å². The topological polar surface area (TPSA) is 129 Å². The van der Waals surface area contributed by atoms with Crippen molar-refractivity contribution >= 4 is 50.9 Å². The molecule has 0 saturated carbocycles. The fourth-order valence-electron chi connectivity index (χ4n) is 4.13. The smallest absolute Gasteiger partial charge is 0.297 e. The maximum Gasteiger partial charge on any atom is 0.297 e. The van der Waals surface area contributed by atoms with Gasteiger partial charge in [0.05, 0.1) is 17.0 Å². The number of carbonyl (C=O) groups excluding carboxylic acids is 2. The highest BCUT2D eigenvalue weighted by atomic mass is 35.5. The van der Waals surface area contributed by atoms with Gasteiger partial charge < -0.3 is 14.9 Å². The van der Waals surface area contributed by atoms with E-state index < -0.39 is 17.9 Å². The number of carbonyl (C=O) groups is 2. The minimum Gasteiger partial charge on any atom is -0.484 e. The Morgan fingerprint density at radius 1 is 1.19 bits per heavy atom. The maximum atomic E-state index is 13.7. The van der Waals surface area contributed by atoms with E-state index in [0.29, 0.717) is 33.8 Å². The standard InChI is InChI=1S/C25H21ClN4O5S/c1-12(2)9-19-28-29-25(36-19)30-21(13-3-6-15(7-4-13)34-11-18(27)31)20-22(32)16-10-14(26)5-8-17(16)35-23(20)24(30)33/h3-8,10,12,21H,9,11H2,1-2H3,(H2,27,31). The van der Waals surface area contributed by atoms with Gasteiger partial charge in [0, 0.05) is 11.4 Å². The van der Waals surface area contributed by atoms with Gasteiger partial charge in [-0.05, 0) is 41.8 Å². The molecule has 3 heterocycles. The molecule has 1 aliphatic heterocycles. The molecule has 9 nitrogen and oxygen atoms in total. The first-order chi connectivity index (χ1) is 17.2. The zero-order chi connectivity index (χ0) is 25.6. The number of rotatable bonds is 7. The minimum atomic E-state index is -0.808. The van der Waals surface area contributed by atoms with Gasteiger partial charge in [0.25, 0.3) is 11.8 Å². The van der Waals surface area contributed by atoms with Crippen molar-refractivity contribution in [3.05, 3.63) is 79.6 Å². The number of amides is 2. The maximum absolute atomic E-state index is 13.7. The first-order valence-corrected chi connectivity index (χ1v) is 12.4. The van der Waals surface area contributed by atoms with E-state index in [0.717, 1.165) is 5.01 Å². The molecule has 0 bridgehead atoms. The molecule has 4 aromatic rings. The molecule has 0 radical (unpaired) electrons. The summed E-state index contributed by atoms with van der Waals surface area (Å²) < 4.78 is 11.3. The van der Waals surface area contributed by atoms with Crippen molar-refractivity contribution < 1.29 is 18.7 Å². The lowest BCUT2D eigenvalue weighted by Gasteiger charge is -2.22. The van der Waals surface area contributed by atoms with Gasteiger partial charge in [-0.1, -0.05) is 48.9 Å². The van der Waals surface area contributed by atoms with Crippen molar-refractivity contribution in [2.75, 3.05) is 11.5 Å². The first kappa shape index (κ1) is 24.0. The van der Waals surface area contributed by atoms with Crippen molar-refractivity contribution in [1.29, 1.82) is 0 Å². The number of hydrogen-bond acceptors (Lipinski definition) is 8. The lowest BCUT2D eigenvalue weighted by Crippen LogP contribution is -2.29. The Labute approximate surface area is 214 Å². The number of fused-ring (bicyclic) bond motifs is 2. The second-order valence-electron chi connectivity index (χ2n) is 8.79. The normalized spacial score (nSPS) is 15.1. The molecule has 1 unspecified atom stereocenters. The molecule has 2 amide bonds. The van der Waals surface area contributed by atoms with E-state index in [4.69, 9.17) is 26.5 Å². The Hall–Kier alpha value is -3.76. The van der Waals surface area contributed by atoms with E-state index in [1.807, 2.05) is 0 Å². The SMILES string of the molecule is CC(C)Cc1nnc(N2C(=O)c3oc4ccc(Cl)cc4c(=O)c3C2c2ccc(OCC(N)=O)cc2)s1. The number of nitrogens with zero attached hydrogens (tertiary/aromatic N) is 3. The average molecular weight is 525 g/mol. The number of anilines is 1. The fraction of sp³-hybridized carbons (Fsp3) is 0.240. The summed E-state index contributed by atoms with van der Waals surface area (Å²) in [6.45, 7) is 3.87. The van der Waals surface area contributed by atoms with Crippen molar-refractivity contribution in [3.63, 3.8) is 0 Å². The highest BCUT2D eigenvalue weighted by molar-refractivity contribution is 7.15. The minimum absolute atomic E-state index is 0.0468. The largest absolute Gasteiger partial charge is 0.484 e.